The number of thiazole rings is 1. The average Bonchev–Trinajstić information content (AvgIpc) is 2.89. The first kappa shape index (κ1) is 13.1. The van der Waals surface area contributed by atoms with E-state index < -0.39 is 10.8 Å². The van der Waals surface area contributed by atoms with Gasteiger partial charge in [0.15, 0.2) is 0 Å². The number of nitro groups is 1. The van der Waals surface area contributed by atoms with Crippen LogP contribution in [0.15, 0.2) is 36.5 Å². The minimum Gasteiger partial charge on any atom is -0.366 e. The van der Waals surface area contributed by atoms with E-state index in [1.807, 2.05) is 0 Å². The SMILES string of the molecule is NC(=O)c1cccnc1-c1nc2ccc([N+](=O)[O-])cc2s1. The van der Waals surface area contributed by atoms with Crippen molar-refractivity contribution in [3.05, 3.63) is 52.2 Å². The van der Waals surface area contributed by atoms with Gasteiger partial charge in [0.05, 0.1) is 20.7 Å². The van der Waals surface area contributed by atoms with Crippen LogP contribution in [0, 0.1) is 10.1 Å². The topological polar surface area (TPSA) is 112 Å². The van der Waals surface area contributed by atoms with Crippen molar-refractivity contribution in [2.75, 3.05) is 0 Å². The second-order valence-electron chi connectivity index (χ2n) is 4.19. The number of hydrogen-bond acceptors (Lipinski definition) is 6. The van der Waals surface area contributed by atoms with Crippen molar-refractivity contribution < 1.29 is 9.72 Å². The zero-order chi connectivity index (χ0) is 15.0. The fraction of sp³-hybridized carbons (Fsp3) is 0. The van der Waals surface area contributed by atoms with Gasteiger partial charge in [0, 0.05) is 18.3 Å². The number of nitrogens with zero attached hydrogens (tertiary/aromatic N) is 3. The van der Waals surface area contributed by atoms with Crippen LogP contribution >= 0.6 is 11.3 Å². The molecule has 0 aliphatic heterocycles. The summed E-state index contributed by atoms with van der Waals surface area (Å²) in [5.74, 6) is -0.594. The number of fused-ring (bicyclic) bond motifs is 1. The monoisotopic (exact) mass is 300 g/mol. The van der Waals surface area contributed by atoms with Crippen LogP contribution in [0.2, 0.25) is 0 Å². The quantitative estimate of drug-likeness (QED) is 0.589. The summed E-state index contributed by atoms with van der Waals surface area (Å²) in [7, 11) is 0. The van der Waals surface area contributed by atoms with Crippen molar-refractivity contribution in [1.29, 1.82) is 0 Å². The zero-order valence-electron chi connectivity index (χ0n) is 10.5. The summed E-state index contributed by atoms with van der Waals surface area (Å²) in [4.78, 5) is 30.2. The molecule has 0 saturated heterocycles. The second-order valence-corrected chi connectivity index (χ2v) is 5.22. The fourth-order valence-corrected chi connectivity index (χ4v) is 2.91. The lowest BCUT2D eigenvalue weighted by atomic mass is 10.2. The van der Waals surface area contributed by atoms with E-state index in [0.717, 1.165) is 0 Å². The number of aromatic nitrogens is 2. The van der Waals surface area contributed by atoms with Crippen LogP contribution in [0.3, 0.4) is 0 Å². The summed E-state index contributed by atoms with van der Waals surface area (Å²) in [6.45, 7) is 0. The largest absolute Gasteiger partial charge is 0.366 e. The standard InChI is InChI=1S/C13H8N4O3S/c14-12(18)8-2-1-5-15-11(8)13-16-9-4-3-7(17(19)20)6-10(9)21-13/h1-6H,(H2,14,18). The van der Waals surface area contributed by atoms with E-state index in [9.17, 15) is 14.9 Å². The Bertz CT molecular complexity index is 875. The molecule has 0 spiro atoms. The number of non-ortho nitro benzene ring substituents is 1. The molecular weight excluding hydrogens is 292 g/mol. The predicted molar refractivity (Wildman–Crippen MR) is 78.0 cm³/mol. The van der Waals surface area contributed by atoms with E-state index in [1.165, 1.54) is 29.7 Å². The van der Waals surface area contributed by atoms with Crippen molar-refractivity contribution in [3.8, 4) is 10.7 Å². The molecule has 2 N–H and O–H groups in total. The van der Waals surface area contributed by atoms with Crippen molar-refractivity contribution >= 4 is 33.1 Å². The van der Waals surface area contributed by atoms with Crippen molar-refractivity contribution in [1.82, 2.24) is 9.97 Å². The highest BCUT2D eigenvalue weighted by Gasteiger charge is 2.16. The van der Waals surface area contributed by atoms with Crippen LogP contribution in [-0.4, -0.2) is 20.8 Å². The lowest BCUT2D eigenvalue weighted by Gasteiger charge is -2.00. The normalized spacial score (nSPS) is 10.7. The first-order chi connectivity index (χ1) is 10.1. The molecule has 7 nitrogen and oxygen atoms in total. The number of pyridine rings is 1. The van der Waals surface area contributed by atoms with E-state index in [2.05, 4.69) is 9.97 Å². The molecule has 0 atom stereocenters. The maximum absolute atomic E-state index is 11.4. The number of amides is 1. The molecule has 1 amide bonds. The molecule has 2 aromatic heterocycles. The van der Waals surface area contributed by atoms with Crippen molar-refractivity contribution in [2.24, 2.45) is 5.73 Å². The third-order valence-electron chi connectivity index (χ3n) is 2.86. The first-order valence-electron chi connectivity index (χ1n) is 5.86. The van der Waals surface area contributed by atoms with Gasteiger partial charge in [0.1, 0.15) is 10.7 Å². The maximum atomic E-state index is 11.4. The van der Waals surface area contributed by atoms with Gasteiger partial charge in [-0.2, -0.15) is 0 Å². The van der Waals surface area contributed by atoms with E-state index in [1.54, 1.807) is 18.2 Å². The summed E-state index contributed by atoms with van der Waals surface area (Å²) in [6.07, 6.45) is 1.54. The summed E-state index contributed by atoms with van der Waals surface area (Å²) in [5.41, 5.74) is 6.58. The molecule has 21 heavy (non-hydrogen) atoms. The molecule has 3 aromatic rings. The Morgan fingerprint density at radius 1 is 1.33 bits per heavy atom. The minimum atomic E-state index is -0.594. The van der Waals surface area contributed by atoms with E-state index in [-0.39, 0.29) is 11.3 Å². The second kappa shape index (κ2) is 4.91. The van der Waals surface area contributed by atoms with Crippen LogP contribution in [0.1, 0.15) is 10.4 Å². The number of nitrogens with two attached hydrogens (primary N) is 1. The number of carbonyl (C=O) groups excluding carboxylic acids is 1. The van der Waals surface area contributed by atoms with Gasteiger partial charge in [-0.25, -0.2) is 4.98 Å². The van der Waals surface area contributed by atoms with E-state index in [4.69, 9.17) is 5.73 Å². The lowest BCUT2D eigenvalue weighted by Crippen LogP contribution is -2.12. The molecule has 0 aliphatic rings. The molecule has 2 heterocycles. The Balaban J connectivity index is 2.18. The Kier molecular flexibility index (Phi) is 3.07. The van der Waals surface area contributed by atoms with Crippen LogP contribution in [0.5, 0.6) is 0 Å². The molecule has 0 bridgehead atoms. The molecule has 1 aromatic carbocycles. The molecule has 0 radical (unpaired) electrons. The molecule has 0 unspecified atom stereocenters. The lowest BCUT2D eigenvalue weighted by molar-refractivity contribution is -0.384. The zero-order valence-corrected chi connectivity index (χ0v) is 11.3. The fourth-order valence-electron chi connectivity index (χ4n) is 1.90. The molecule has 0 aliphatic carbocycles. The predicted octanol–water partition coefficient (Wildman–Crippen LogP) is 2.37. The average molecular weight is 300 g/mol. The smallest absolute Gasteiger partial charge is 0.270 e. The number of benzene rings is 1. The van der Waals surface area contributed by atoms with E-state index in [0.29, 0.717) is 20.9 Å². The maximum Gasteiger partial charge on any atom is 0.270 e. The molecule has 0 saturated carbocycles. The molecule has 0 fully saturated rings. The number of primary amides is 1. The Morgan fingerprint density at radius 2 is 2.14 bits per heavy atom. The summed E-state index contributed by atoms with van der Waals surface area (Å²) in [5, 5.41) is 11.3. The van der Waals surface area contributed by atoms with Crippen molar-refractivity contribution in [2.45, 2.75) is 0 Å². The number of nitro benzene ring substituents is 1. The van der Waals surface area contributed by atoms with Crippen molar-refractivity contribution in [3.63, 3.8) is 0 Å². The van der Waals surface area contributed by atoms with E-state index >= 15 is 0 Å². The number of rotatable bonds is 3. The Morgan fingerprint density at radius 3 is 2.86 bits per heavy atom. The highest BCUT2D eigenvalue weighted by molar-refractivity contribution is 7.21. The summed E-state index contributed by atoms with van der Waals surface area (Å²) in [6, 6.07) is 7.59. The summed E-state index contributed by atoms with van der Waals surface area (Å²) >= 11 is 1.23. The highest BCUT2D eigenvalue weighted by Crippen LogP contribution is 2.32. The van der Waals surface area contributed by atoms with Crippen LogP contribution in [0.4, 0.5) is 5.69 Å². The number of carbonyl (C=O) groups is 1. The summed E-state index contributed by atoms with van der Waals surface area (Å²) < 4.78 is 0.653. The highest BCUT2D eigenvalue weighted by atomic mass is 32.1. The molecular formula is C13H8N4O3S. The molecule has 104 valence electrons. The Hall–Kier alpha value is -2.87. The molecule has 3 rings (SSSR count). The van der Waals surface area contributed by atoms with Gasteiger partial charge < -0.3 is 5.73 Å². The van der Waals surface area contributed by atoms with Gasteiger partial charge in [-0.1, -0.05) is 0 Å². The van der Waals surface area contributed by atoms with Gasteiger partial charge in [-0.05, 0) is 18.2 Å². The first-order valence-corrected chi connectivity index (χ1v) is 6.68. The Labute approximate surface area is 122 Å². The minimum absolute atomic E-state index is 0.00570. The van der Waals surface area contributed by atoms with Crippen LogP contribution in [0.25, 0.3) is 20.9 Å². The van der Waals surface area contributed by atoms with Crippen LogP contribution < -0.4 is 5.73 Å². The van der Waals surface area contributed by atoms with Gasteiger partial charge in [0.25, 0.3) is 11.6 Å². The number of hydrogen-bond donors (Lipinski definition) is 1. The van der Waals surface area contributed by atoms with Crippen LogP contribution in [-0.2, 0) is 0 Å². The third kappa shape index (κ3) is 2.32. The third-order valence-corrected chi connectivity index (χ3v) is 3.88. The molecule has 8 heteroatoms. The van der Waals surface area contributed by atoms with Gasteiger partial charge in [-0.3, -0.25) is 19.9 Å². The van der Waals surface area contributed by atoms with Gasteiger partial charge in [0.2, 0.25) is 0 Å². The van der Waals surface area contributed by atoms with Gasteiger partial charge >= 0.3 is 0 Å². The van der Waals surface area contributed by atoms with Gasteiger partial charge in [-0.15, -0.1) is 11.3 Å².